The first kappa shape index (κ1) is 18.1. The minimum atomic E-state index is -0.105. The first-order chi connectivity index (χ1) is 13.6. The quantitative estimate of drug-likeness (QED) is 0.313. The molecule has 0 bridgehead atoms. The van der Waals surface area contributed by atoms with Gasteiger partial charge in [0, 0.05) is 27.9 Å². The molecule has 0 N–H and O–H groups in total. The van der Waals surface area contributed by atoms with Gasteiger partial charge in [-0.2, -0.15) is 0 Å². The lowest BCUT2D eigenvalue weighted by Crippen LogP contribution is -2.05. The summed E-state index contributed by atoms with van der Waals surface area (Å²) in [6, 6.07) is 21.0. The Morgan fingerprint density at radius 2 is 1.71 bits per heavy atom. The fourth-order valence-electron chi connectivity index (χ4n) is 3.27. The molecule has 4 heteroatoms. The van der Waals surface area contributed by atoms with Crippen LogP contribution in [0.2, 0.25) is 5.02 Å². The monoisotopic (exact) mass is 384 g/mol. The Hall–Kier alpha value is -3.30. The smallest absolute Gasteiger partial charge is 0.188 e. The number of allylic oxidation sites excluding steroid dienone is 1. The van der Waals surface area contributed by atoms with Crippen LogP contribution in [0.1, 0.15) is 21.7 Å². The lowest BCUT2D eigenvalue weighted by Gasteiger charge is -2.14. The molecular weight excluding hydrogens is 368 g/mol. The van der Waals surface area contributed by atoms with Gasteiger partial charge in [-0.05, 0) is 55.0 Å². The number of para-hydroxylation sites is 1. The van der Waals surface area contributed by atoms with Crippen LogP contribution in [0.25, 0.3) is 28.1 Å². The number of ketones is 1. The third kappa shape index (κ3) is 3.57. The summed E-state index contributed by atoms with van der Waals surface area (Å²) in [7, 11) is 0. The number of carbonyl (C=O) groups is 1. The molecule has 0 spiro atoms. The van der Waals surface area contributed by atoms with Gasteiger partial charge in [-0.3, -0.25) is 14.8 Å². The van der Waals surface area contributed by atoms with Crippen molar-refractivity contribution in [3.63, 3.8) is 0 Å². The second kappa shape index (κ2) is 7.75. The van der Waals surface area contributed by atoms with E-state index in [4.69, 9.17) is 11.6 Å². The van der Waals surface area contributed by atoms with Crippen LogP contribution in [-0.4, -0.2) is 15.8 Å². The number of aryl methyl sites for hydroxylation is 1. The van der Waals surface area contributed by atoms with Gasteiger partial charge in [0.05, 0.1) is 16.8 Å². The third-order valence-electron chi connectivity index (χ3n) is 4.55. The van der Waals surface area contributed by atoms with E-state index in [1.807, 2.05) is 73.7 Å². The molecule has 0 fully saturated rings. The van der Waals surface area contributed by atoms with Crippen LogP contribution >= 0.6 is 11.6 Å². The SMILES string of the molecule is Cc1nc2ccccc2c(-c2ccc(Cl)cc2)c1C(=O)C=Cc1ccccn1. The number of hydrogen-bond donors (Lipinski definition) is 0. The van der Waals surface area contributed by atoms with Crippen molar-refractivity contribution in [3.05, 3.63) is 101 Å². The normalized spacial score (nSPS) is 11.2. The van der Waals surface area contributed by atoms with E-state index in [1.165, 1.54) is 0 Å². The molecule has 3 nitrogen and oxygen atoms in total. The van der Waals surface area contributed by atoms with Gasteiger partial charge >= 0.3 is 0 Å². The molecule has 4 rings (SSSR count). The minimum absolute atomic E-state index is 0.105. The van der Waals surface area contributed by atoms with Gasteiger partial charge in [0.15, 0.2) is 5.78 Å². The summed E-state index contributed by atoms with van der Waals surface area (Å²) in [4.78, 5) is 22.1. The topological polar surface area (TPSA) is 42.9 Å². The molecular formula is C24H17ClN2O. The Bertz CT molecular complexity index is 1180. The molecule has 28 heavy (non-hydrogen) atoms. The maximum atomic E-state index is 13.2. The molecule has 136 valence electrons. The molecule has 2 heterocycles. The van der Waals surface area contributed by atoms with Crippen molar-refractivity contribution in [3.8, 4) is 11.1 Å². The molecule has 0 atom stereocenters. The van der Waals surface area contributed by atoms with E-state index < -0.39 is 0 Å². The standard InChI is InChI=1S/C24H17ClN2O/c1-16-23(22(28)14-13-19-6-4-5-15-26-19)24(17-9-11-18(25)12-10-17)20-7-2-3-8-21(20)27-16/h2-15H,1H3. The zero-order valence-corrected chi connectivity index (χ0v) is 16.0. The number of carbonyl (C=O) groups excluding carboxylic acids is 1. The average molecular weight is 385 g/mol. The molecule has 0 amide bonds. The van der Waals surface area contributed by atoms with E-state index in [2.05, 4.69) is 9.97 Å². The highest BCUT2D eigenvalue weighted by Crippen LogP contribution is 2.34. The summed E-state index contributed by atoms with van der Waals surface area (Å²) in [6.07, 6.45) is 4.98. The van der Waals surface area contributed by atoms with Crippen LogP contribution < -0.4 is 0 Å². The van der Waals surface area contributed by atoms with Gasteiger partial charge in [-0.25, -0.2) is 0 Å². The summed E-state index contributed by atoms with van der Waals surface area (Å²) >= 11 is 6.07. The number of nitrogens with zero attached hydrogens (tertiary/aromatic N) is 2. The zero-order valence-electron chi connectivity index (χ0n) is 15.3. The van der Waals surface area contributed by atoms with E-state index in [0.29, 0.717) is 16.3 Å². The van der Waals surface area contributed by atoms with Gasteiger partial charge in [-0.15, -0.1) is 0 Å². The Labute approximate surface area is 168 Å². The number of hydrogen-bond acceptors (Lipinski definition) is 3. The Kier molecular flexibility index (Phi) is 5.00. The fourth-order valence-corrected chi connectivity index (χ4v) is 3.40. The van der Waals surface area contributed by atoms with E-state index in [9.17, 15) is 4.79 Å². The second-order valence-electron chi connectivity index (χ2n) is 6.42. The molecule has 0 aliphatic rings. The molecule has 0 saturated heterocycles. The van der Waals surface area contributed by atoms with E-state index in [-0.39, 0.29) is 5.78 Å². The highest BCUT2D eigenvalue weighted by molar-refractivity contribution is 6.30. The molecule has 4 aromatic rings. The first-order valence-electron chi connectivity index (χ1n) is 8.92. The van der Waals surface area contributed by atoms with Crippen LogP contribution in [-0.2, 0) is 0 Å². The third-order valence-corrected chi connectivity index (χ3v) is 4.80. The molecule has 0 radical (unpaired) electrons. The number of aromatic nitrogens is 2. The molecule has 2 aromatic carbocycles. The van der Waals surface area contributed by atoms with Crippen molar-refractivity contribution < 1.29 is 4.79 Å². The Morgan fingerprint density at radius 3 is 2.46 bits per heavy atom. The van der Waals surface area contributed by atoms with Crippen molar-refractivity contribution in [2.45, 2.75) is 6.92 Å². The van der Waals surface area contributed by atoms with Crippen LogP contribution in [0.5, 0.6) is 0 Å². The van der Waals surface area contributed by atoms with Crippen LogP contribution in [0.15, 0.2) is 79.0 Å². The molecule has 0 saturated carbocycles. The van der Waals surface area contributed by atoms with Gasteiger partial charge in [-0.1, -0.05) is 48.0 Å². The minimum Gasteiger partial charge on any atom is -0.289 e. The van der Waals surface area contributed by atoms with E-state index >= 15 is 0 Å². The van der Waals surface area contributed by atoms with Crippen molar-refractivity contribution in [1.82, 2.24) is 9.97 Å². The predicted molar refractivity (Wildman–Crippen MR) is 115 cm³/mol. The summed E-state index contributed by atoms with van der Waals surface area (Å²) in [6.45, 7) is 1.87. The number of fused-ring (bicyclic) bond motifs is 1. The largest absolute Gasteiger partial charge is 0.289 e. The molecule has 0 aliphatic carbocycles. The van der Waals surface area contributed by atoms with Crippen molar-refractivity contribution in [2.24, 2.45) is 0 Å². The van der Waals surface area contributed by atoms with Crippen molar-refractivity contribution >= 4 is 34.4 Å². The molecule has 2 aromatic heterocycles. The number of benzene rings is 2. The van der Waals surface area contributed by atoms with Crippen LogP contribution in [0.4, 0.5) is 0 Å². The maximum absolute atomic E-state index is 13.2. The van der Waals surface area contributed by atoms with Crippen molar-refractivity contribution in [2.75, 3.05) is 0 Å². The highest BCUT2D eigenvalue weighted by atomic mass is 35.5. The Balaban J connectivity index is 1.91. The Morgan fingerprint density at radius 1 is 0.964 bits per heavy atom. The fraction of sp³-hybridized carbons (Fsp3) is 0.0417. The number of rotatable bonds is 4. The average Bonchev–Trinajstić information content (AvgIpc) is 2.72. The van der Waals surface area contributed by atoms with E-state index in [1.54, 1.807) is 18.3 Å². The first-order valence-corrected chi connectivity index (χ1v) is 9.30. The maximum Gasteiger partial charge on any atom is 0.188 e. The highest BCUT2D eigenvalue weighted by Gasteiger charge is 2.18. The van der Waals surface area contributed by atoms with Gasteiger partial charge in [0.1, 0.15) is 0 Å². The summed E-state index contributed by atoms with van der Waals surface area (Å²) < 4.78 is 0. The summed E-state index contributed by atoms with van der Waals surface area (Å²) in [5.41, 5.74) is 4.68. The molecule has 0 aliphatic heterocycles. The van der Waals surface area contributed by atoms with Gasteiger partial charge in [0.2, 0.25) is 0 Å². The number of pyridine rings is 2. The summed E-state index contributed by atoms with van der Waals surface area (Å²) in [5.74, 6) is -0.105. The predicted octanol–water partition coefficient (Wildman–Crippen LogP) is 6.15. The van der Waals surface area contributed by atoms with Crippen LogP contribution in [0.3, 0.4) is 0 Å². The van der Waals surface area contributed by atoms with E-state index in [0.717, 1.165) is 27.7 Å². The van der Waals surface area contributed by atoms with Gasteiger partial charge in [0.25, 0.3) is 0 Å². The van der Waals surface area contributed by atoms with Crippen molar-refractivity contribution in [1.29, 1.82) is 0 Å². The zero-order chi connectivity index (χ0) is 19.5. The van der Waals surface area contributed by atoms with Crippen LogP contribution in [0, 0.1) is 6.92 Å². The lowest BCUT2D eigenvalue weighted by molar-refractivity contribution is 0.104. The lowest BCUT2D eigenvalue weighted by atomic mass is 9.92. The van der Waals surface area contributed by atoms with Gasteiger partial charge < -0.3 is 0 Å². The number of halogens is 1. The second-order valence-corrected chi connectivity index (χ2v) is 6.86. The summed E-state index contributed by atoms with van der Waals surface area (Å²) in [5, 5.41) is 1.59. The molecule has 0 unspecified atom stereocenters.